The monoisotopic (exact) mass is 257 g/mol. The van der Waals surface area contributed by atoms with Crippen LogP contribution in [0.1, 0.15) is 25.1 Å². The van der Waals surface area contributed by atoms with Crippen molar-refractivity contribution in [2.45, 2.75) is 26.0 Å². The van der Waals surface area contributed by atoms with Gasteiger partial charge in [-0.15, -0.1) is 0 Å². The van der Waals surface area contributed by atoms with Crippen LogP contribution in [-0.4, -0.2) is 40.4 Å². The second-order valence-corrected chi connectivity index (χ2v) is 5.63. The van der Waals surface area contributed by atoms with Gasteiger partial charge in [0.25, 0.3) is 0 Å². The van der Waals surface area contributed by atoms with Crippen LogP contribution in [0.2, 0.25) is 5.02 Å². The third-order valence-electron chi connectivity index (χ3n) is 3.45. The fourth-order valence-electron chi connectivity index (χ4n) is 2.13. The van der Waals surface area contributed by atoms with E-state index in [0.29, 0.717) is 16.9 Å². The van der Waals surface area contributed by atoms with Gasteiger partial charge in [-0.25, -0.2) is 0 Å². The van der Waals surface area contributed by atoms with Gasteiger partial charge in [0.05, 0.1) is 23.5 Å². The van der Waals surface area contributed by atoms with Crippen LogP contribution in [0.25, 0.3) is 0 Å². The Balaban J connectivity index is 2.11. The molecule has 1 heterocycles. The molecule has 0 aromatic carbocycles. The van der Waals surface area contributed by atoms with E-state index in [1.54, 1.807) is 6.20 Å². The van der Waals surface area contributed by atoms with Gasteiger partial charge in [-0.1, -0.05) is 18.5 Å². The maximum atomic E-state index is 10.3. The van der Waals surface area contributed by atoms with Crippen molar-refractivity contribution in [1.29, 1.82) is 0 Å². The summed E-state index contributed by atoms with van der Waals surface area (Å²) in [5.41, 5.74) is 0.780. The molecule has 0 spiro atoms. The molecule has 3 atom stereocenters. The quantitative estimate of drug-likeness (QED) is 0.875. The molecule has 5 heteroatoms. The van der Waals surface area contributed by atoms with Crippen molar-refractivity contribution in [3.8, 4) is 0 Å². The van der Waals surface area contributed by atoms with E-state index in [9.17, 15) is 5.11 Å². The van der Waals surface area contributed by atoms with E-state index >= 15 is 0 Å². The normalized spacial score (nSPS) is 25.3. The van der Waals surface area contributed by atoms with Gasteiger partial charge in [0.1, 0.15) is 6.10 Å². The lowest BCUT2D eigenvalue weighted by Gasteiger charge is -2.15. The van der Waals surface area contributed by atoms with Gasteiger partial charge in [0.15, 0.2) is 0 Å². The highest BCUT2D eigenvalue weighted by Gasteiger charge is 2.41. The Bertz CT molecular complexity index is 391. The number of likely N-dealkylation sites (N-methyl/N-ethyl adjacent to an activating group) is 1. The first-order valence-corrected chi connectivity index (χ1v) is 6.42. The summed E-state index contributed by atoms with van der Waals surface area (Å²) in [4.78, 5) is 2.09. The summed E-state index contributed by atoms with van der Waals surface area (Å²) >= 11 is 6.12. The zero-order valence-electron chi connectivity index (χ0n) is 10.6. The minimum Gasteiger partial charge on any atom is -0.386 e. The van der Waals surface area contributed by atoms with Gasteiger partial charge in [0, 0.05) is 6.54 Å². The first-order valence-electron chi connectivity index (χ1n) is 6.04. The van der Waals surface area contributed by atoms with E-state index < -0.39 is 6.10 Å². The Kier molecular flexibility index (Phi) is 3.76. The van der Waals surface area contributed by atoms with E-state index in [4.69, 9.17) is 11.6 Å². The van der Waals surface area contributed by atoms with Crippen LogP contribution in [0, 0.1) is 11.8 Å². The molecule has 1 aliphatic carbocycles. The van der Waals surface area contributed by atoms with Crippen molar-refractivity contribution in [3.05, 3.63) is 16.9 Å². The maximum absolute atomic E-state index is 10.3. The SMILES string of the molecule is CC1CC1C(O)c1c(Cl)cnn1CCN(C)C. The highest BCUT2D eigenvalue weighted by molar-refractivity contribution is 6.31. The van der Waals surface area contributed by atoms with Crippen molar-refractivity contribution in [2.75, 3.05) is 20.6 Å². The lowest BCUT2D eigenvalue weighted by Crippen LogP contribution is -2.21. The number of aliphatic hydroxyl groups is 1. The van der Waals surface area contributed by atoms with Gasteiger partial charge in [-0.05, 0) is 32.4 Å². The molecule has 0 saturated heterocycles. The summed E-state index contributed by atoms with van der Waals surface area (Å²) in [6, 6.07) is 0. The predicted octanol–water partition coefficient (Wildman–Crippen LogP) is 1.79. The topological polar surface area (TPSA) is 41.3 Å². The van der Waals surface area contributed by atoms with E-state index in [1.807, 2.05) is 18.8 Å². The summed E-state index contributed by atoms with van der Waals surface area (Å²) in [6.07, 6.45) is 2.24. The summed E-state index contributed by atoms with van der Waals surface area (Å²) in [6.45, 7) is 3.80. The lowest BCUT2D eigenvalue weighted by atomic mass is 10.1. The van der Waals surface area contributed by atoms with Crippen LogP contribution in [0.3, 0.4) is 0 Å². The number of hydrogen-bond acceptors (Lipinski definition) is 3. The molecule has 96 valence electrons. The van der Waals surface area contributed by atoms with Crippen molar-refractivity contribution in [2.24, 2.45) is 11.8 Å². The van der Waals surface area contributed by atoms with Crippen LogP contribution >= 0.6 is 11.6 Å². The fraction of sp³-hybridized carbons (Fsp3) is 0.750. The molecule has 1 fully saturated rings. The summed E-state index contributed by atoms with van der Waals surface area (Å²) in [7, 11) is 4.04. The Hall–Kier alpha value is -0.580. The molecule has 1 aliphatic rings. The Morgan fingerprint density at radius 2 is 2.29 bits per heavy atom. The molecule has 2 rings (SSSR count). The molecule has 17 heavy (non-hydrogen) atoms. The molecule has 1 aromatic rings. The number of aliphatic hydroxyl groups excluding tert-OH is 1. The summed E-state index contributed by atoms with van der Waals surface area (Å²) < 4.78 is 1.83. The van der Waals surface area contributed by atoms with Gasteiger partial charge < -0.3 is 10.0 Å². The van der Waals surface area contributed by atoms with Crippen molar-refractivity contribution >= 4 is 11.6 Å². The first kappa shape index (κ1) is 12.9. The summed E-state index contributed by atoms with van der Waals surface area (Å²) in [5, 5.41) is 15.1. The standard InChI is InChI=1S/C12H20ClN3O/c1-8-6-9(8)12(17)11-10(13)7-14-16(11)5-4-15(2)3/h7-9,12,17H,4-6H2,1-3H3. The number of nitrogens with zero attached hydrogens (tertiary/aromatic N) is 3. The van der Waals surface area contributed by atoms with Gasteiger partial charge in [-0.2, -0.15) is 5.10 Å². The van der Waals surface area contributed by atoms with Gasteiger partial charge in [-0.3, -0.25) is 4.68 Å². The minimum atomic E-state index is -0.470. The molecule has 1 N–H and O–H groups in total. The lowest BCUT2D eigenvalue weighted by molar-refractivity contribution is 0.136. The molecule has 0 radical (unpaired) electrons. The molecular formula is C12H20ClN3O. The highest BCUT2D eigenvalue weighted by Crippen LogP contribution is 2.47. The molecule has 0 bridgehead atoms. The third kappa shape index (κ3) is 2.81. The van der Waals surface area contributed by atoms with Crippen LogP contribution in [0.4, 0.5) is 0 Å². The number of rotatable bonds is 5. The highest BCUT2D eigenvalue weighted by atomic mass is 35.5. The zero-order chi connectivity index (χ0) is 12.6. The molecule has 3 unspecified atom stereocenters. The maximum Gasteiger partial charge on any atom is 0.100 e. The molecule has 0 aliphatic heterocycles. The second-order valence-electron chi connectivity index (χ2n) is 5.23. The summed E-state index contributed by atoms with van der Waals surface area (Å²) in [5.74, 6) is 0.945. The largest absolute Gasteiger partial charge is 0.386 e. The average molecular weight is 258 g/mol. The Morgan fingerprint density at radius 3 is 2.82 bits per heavy atom. The molecule has 0 amide bonds. The molecule has 1 aromatic heterocycles. The molecule has 4 nitrogen and oxygen atoms in total. The van der Waals surface area contributed by atoms with Gasteiger partial charge >= 0.3 is 0 Å². The van der Waals surface area contributed by atoms with Crippen LogP contribution in [0.5, 0.6) is 0 Å². The molecule has 1 saturated carbocycles. The Morgan fingerprint density at radius 1 is 1.65 bits per heavy atom. The molecular weight excluding hydrogens is 238 g/mol. The third-order valence-corrected chi connectivity index (χ3v) is 3.74. The minimum absolute atomic E-state index is 0.349. The van der Waals surface area contributed by atoms with E-state index in [1.165, 1.54) is 0 Å². The second kappa shape index (κ2) is 4.96. The van der Waals surface area contributed by atoms with E-state index in [2.05, 4.69) is 16.9 Å². The Labute approximate surface area is 107 Å². The van der Waals surface area contributed by atoms with Crippen molar-refractivity contribution in [3.63, 3.8) is 0 Å². The fourth-order valence-corrected chi connectivity index (χ4v) is 2.39. The number of aromatic nitrogens is 2. The van der Waals surface area contributed by atoms with Gasteiger partial charge in [0.2, 0.25) is 0 Å². The van der Waals surface area contributed by atoms with Crippen LogP contribution in [-0.2, 0) is 6.54 Å². The van der Waals surface area contributed by atoms with E-state index in [0.717, 1.165) is 25.2 Å². The van der Waals surface area contributed by atoms with E-state index in [-0.39, 0.29) is 0 Å². The van der Waals surface area contributed by atoms with Crippen LogP contribution < -0.4 is 0 Å². The predicted molar refractivity (Wildman–Crippen MR) is 68.0 cm³/mol. The van der Waals surface area contributed by atoms with Crippen molar-refractivity contribution in [1.82, 2.24) is 14.7 Å². The number of hydrogen-bond donors (Lipinski definition) is 1. The van der Waals surface area contributed by atoms with Crippen LogP contribution in [0.15, 0.2) is 6.20 Å². The first-order chi connectivity index (χ1) is 8.00. The van der Waals surface area contributed by atoms with Crippen molar-refractivity contribution < 1.29 is 5.11 Å². The average Bonchev–Trinajstić information content (AvgIpc) is 2.86. The smallest absolute Gasteiger partial charge is 0.100 e. The zero-order valence-corrected chi connectivity index (χ0v) is 11.4. The number of halogens is 1.